The lowest BCUT2D eigenvalue weighted by Crippen LogP contribution is -2.35. The number of aliphatic hydroxyl groups excluding tert-OH is 1. The van der Waals surface area contributed by atoms with E-state index in [1.165, 1.54) is 0 Å². The number of carbonyl (C=O) groups is 2. The van der Waals surface area contributed by atoms with E-state index in [0.29, 0.717) is 25.2 Å². The lowest BCUT2D eigenvalue weighted by Gasteiger charge is -2.29. The van der Waals surface area contributed by atoms with Gasteiger partial charge in [0.1, 0.15) is 11.6 Å². The van der Waals surface area contributed by atoms with Gasteiger partial charge in [0.2, 0.25) is 0 Å². The predicted octanol–water partition coefficient (Wildman–Crippen LogP) is 0.161. The second-order valence-electron chi connectivity index (χ2n) is 4.62. The number of hydrogen-bond donors (Lipinski definition) is 1. The molecule has 3 nitrogen and oxygen atoms in total. The zero-order valence-corrected chi connectivity index (χ0v) is 7.27. The Morgan fingerprint density at radius 1 is 1.08 bits per heavy atom. The summed E-state index contributed by atoms with van der Waals surface area (Å²) in [7, 11) is 0. The number of rotatable bonds is 0. The Balaban J connectivity index is 2.08. The summed E-state index contributed by atoms with van der Waals surface area (Å²) in [5.74, 6) is 0.488. The summed E-state index contributed by atoms with van der Waals surface area (Å²) in [6.45, 7) is 0. The van der Waals surface area contributed by atoms with Crippen LogP contribution < -0.4 is 0 Å². The molecule has 0 saturated heterocycles. The Kier molecular flexibility index (Phi) is 1.30. The van der Waals surface area contributed by atoms with E-state index in [4.69, 9.17) is 0 Å². The van der Waals surface area contributed by atoms with E-state index in [1.807, 2.05) is 0 Å². The molecule has 0 heterocycles. The van der Waals surface area contributed by atoms with Gasteiger partial charge in [-0.15, -0.1) is 0 Å². The number of hydrogen-bond acceptors (Lipinski definition) is 3. The van der Waals surface area contributed by atoms with Crippen molar-refractivity contribution in [3.63, 3.8) is 0 Å². The first-order chi connectivity index (χ1) is 6.18. The SMILES string of the molecule is O=C1CC2C3CC(=O)C2C1C(O)C3. The predicted molar refractivity (Wildman–Crippen MR) is 43.8 cm³/mol. The molecule has 0 amide bonds. The van der Waals surface area contributed by atoms with Crippen molar-refractivity contribution in [3.8, 4) is 0 Å². The summed E-state index contributed by atoms with van der Waals surface area (Å²) in [4.78, 5) is 23.0. The molecule has 3 heteroatoms. The molecule has 3 fully saturated rings. The fourth-order valence-electron chi connectivity index (χ4n) is 3.58. The van der Waals surface area contributed by atoms with E-state index in [9.17, 15) is 14.7 Å². The van der Waals surface area contributed by atoms with E-state index >= 15 is 0 Å². The fraction of sp³-hybridized carbons (Fsp3) is 0.800. The van der Waals surface area contributed by atoms with Gasteiger partial charge in [-0.05, 0) is 18.3 Å². The first kappa shape index (κ1) is 7.68. The monoisotopic (exact) mass is 180 g/mol. The van der Waals surface area contributed by atoms with Gasteiger partial charge in [-0.2, -0.15) is 0 Å². The molecular formula is C10H12O3. The zero-order chi connectivity index (χ0) is 9.16. The van der Waals surface area contributed by atoms with Crippen molar-refractivity contribution in [3.05, 3.63) is 0 Å². The van der Waals surface area contributed by atoms with Crippen LogP contribution in [0.5, 0.6) is 0 Å². The molecule has 0 aromatic heterocycles. The Morgan fingerprint density at radius 3 is 2.54 bits per heavy atom. The van der Waals surface area contributed by atoms with Gasteiger partial charge in [0.05, 0.1) is 12.0 Å². The first-order valence-corrected chi connectivity index (χ1v) is 4.92. The van der Waals surface area contributed by atoms with E-state index in [2.05, 4.69) is 0 Å². The van der Waals surface area contributed by atoms with Gasteiger partial charge in [0.15, 0.2) is 0 Å². The zero-order valence-electron chi connectivity index (χ0n) is 7.27. The molecule has 3 rings (SSSR count). The molecule has 3 saturated carbocycles. The minimum atomic E-state index is -0.535. The highest BCUT2D eigenvalue weighted by Crippen LogP contribution is 2.54. The molecular weight excluding hydrogens is 168 g/mol. The van der Waals surface area contributed by atoms with Gasteiger partial charge in [-0.3, -0.25) is 9.59 Å². The molecule has 3 aliphatic rings. The molecule has 3 aliphatic carbocycles. The lowest BCUT2D eigenvalue weighted by atomic mass is 9.77. The van der Waals surface area contributed by atoms with Crippen LogP contribution in [-0.2, 0) is 9.59 Å². The van der Waals surface area contributed by atoms with Gasteiger partial charge >= 0.3 is 0 Å². The van der Waals surface area contributed by atoms with Crippen LogP contribution in [0.25, 0.3) is 0 Å². The maximum Gasteiger partial charge on any atom is 0.139 e. The van der Waals surface area contributed by atoms with Crippen LogP contribution in [0.4, 0.5) is 0 Å². The standard InChI is InChI=1S/C10H12O3/c11-6-1-4-2-7(12)10-8(13)3-5(4)9(6)10/h4-5,7,9-10,12H,1-3H2. The van der Waals surface area contributed by atoms with Crippen molar-refractivity contribution in [2.24, 2.45) is 23.7 Å². The van der Waals surface area contributed by atoms with Crippen LogP contribution in [-0.4, -0.2) is 22.8 Å². The van der Waals surface area contributed by atoms with E-state index in [0.717, 1.165) is 0 Å². The highest BCUT2D eigenvalue weighted by Gasteiger charge is 2.60. The summed E-state index contributed by atoms with van der Waals surface area (Å²) in [5.41, 5.74) is 0. The normalized spacial score (nSPS) is 53.2. The summed E-state index contributed by atoms with van der Waals surface area (Å²) in [5, 5.41) is 9.69. The van der Waals surface area contributed by atoms with Crippen molar-refractivity contribution in [2.45, 2.75) is 25.4 Å². The van der Waals surface area contributed by atoms with Crippen molar-refractivity contribution in [2.75, 3.05) is 0 Å². The van der Waals surface area contributed by atoms with Crippen LogP contribution in [0.1, 0.15) is 19.3 Å². The topological polar surface area (TPSA) is 54.4 Å². The summed E-state index contributed by atoms with van der Waals surface area (Å²) in [6, 6.07) is 0. The van der Waals surface area contributed by atoms with Gasteiger partial charge in [-0.25, -0.2) is 0 Å². The van der Waals surface area contributed by atoms with Crippen LogP contribution in [0.15, 0.2) is 0 Å². The molecule has 0 aliphatic heterocycles. The molecule has 0 radical (unpaired) electrons. The Morgan fingerprint density at radius 2 is 1.77 bits per heavy atom. The molecule has 4 bridgehead atoms. The largest absolute Gasteiger partial charge is 0.392 e. The molecule has 1 N–H and O–H groups in total. The second kappa shape index (κ2) is 2.21. The highest BCUT2D eigenvalue weighted by molar-refractivity contribution is 5.96. The minimum absolute atomic E-state index is 0.110. The quantitative estimate of drug-likeness (QED) is 0.577. The Bertz CT molecular complexity index is 289. The third-order valence-corrected chi connectivity index (χ3v) is 4.06. The molecule has 13 heavy (non-hydrogen) atoms. The smallest absolute Gasteiger partial charge is 0.139 e. The third-order valence-electron chi connectivity index (χ3n) is 4.06. The van der Waals surface area contributed by atoms with Crippen LogP contribution in [0.3, 0.4) is 0 Å². The first-order valence-electron chi connectivity index (χ1n) is 4.92. The molecule has 0 aromatic rings. The minimum Gasteiger partial charge on any atom is -0.392 e. The number of Topliss-reactive ketones (excluding diaryl/α,β-unsaturated/α-hetero) is 2. The molecule has 5 atom stereocenters. The molecule has 0 aromatic carbocycles. The van der Waals surface area contributed by atoms with Crippen molar-refractivity contribution < 1.29 is 14.7 Å². The maximum atomic E-state index is 11.5. The van der Waals surface area contributed by atoms with Crippen LogP contribution in [0, 0.1) is 23.7 Å². The van der Waals surface area contributed by atoms with Crippen molar-refractivity contribution in [1.82, 2.24) is 0 Å². The average Bonchev–Trinajstić information content (AvgIpc) is 2.43. The molecule has 70 valence electrons. The van der Waals surface area contributed by atoms with Gasteiger partial charge in [-0.1, -0.05) is 0 Å². The molecule has 0 spiro atoms. The maximum absolute atomic E-state index is 11.5. The van der Waals surface area contributed by atoms with Crippen LogP contribution >= 0.6 is 0 Å². The lowest BCUT2D eigenvalue weighted by molar-refractivity contribution is -0.130. The summed E-state index contributed by atoms with van der Waals surface area (Å²) < 4.78 is 0. The van der Waals surface area contributed by atoms with Gasteiger partial charge in [0, 0.05) is 18.8 Å². The van der Waals surface area contributed by atoms with Gasteiger partial charge in [0.25, 0.3) is 0 Å². The Labute approximate surface area is 76.1 Å². The summed E-state index contributed by atoms with van der Waals surface area (Å²) in [6.07, 6.45) is 1.29. The number of carbonyl (C=O) groups excluding carboxylic acids is 2. The van der Waals surface area contributed by atoms with E-state index < -0.39 is 6.10 Å². The third kappa shape index (κ3) is 0.784. The number of ketones is 2. The fourth-order valence-corrected chi connectivity index (χ4v) is 3.58. The van der Waals surface area contributed by atoms with Crippen molar-refractivity contribution >= 4 is 11.6 Å². The average molecular weight is 180 g/mol. The molecule has 5 unspecified atom stereocenters. The van der Waals surface area contributed by atoms with Crippen molar-refractivity contribution in [1.29, 1.82) is 0 Å². The highest BCUT2D eigenvalue weighted by atomic mass is 16.3. The second-order valence-corrected chi connectivity index (χ2v) is 4.62. The number of aliphatic hydroxyl groups is 1. The van der Waals surface area contributed by atoms with Crippen LogP contribution in [0.2, 0.25) is 0 Å². The summed E-state index contributed by atoms with van der Waals surface area (Å²) >= 11 is 0. The van der Waals surface area contributed by atoms with E-state index in [1.54, 1.807) is 0 Å². The Hall–Kier alpha value is -0.700. The van der Waals surface area contributed by atoms with Gasteiger partial charge < -0.3 is 5.11 Å². The van der Waals surface area contributed by atoms with E-state index in [-0.39, 0.29) is 29.3 Å².